The predicted molar refractivity (Wildman–Crippen MR) is 135 cm³/mol. The summed E-state index contributed by atoms with van der Waals surface area (Å²) in [5, 5.41) is 0. The molecule has 0 spiro atoms. The molecule has 5 heteroatoms. The maximum atomic E-state index is 6.30. The van der Waals surface area contributed by atoms with Gasteiger partial charge in [0.2, 0.25) is 0 Å². The summed E-state index contributed by atoms with van der Waals surface area (Å²) in [6, 6.07) is 20.2. The highest BCUT2D eigenvalue weighted by molar-refractivity contribution is 6.16. The molecule has 0 atom stereocenters. The molecular weight excluding hydrogens is 434 g/mol. The fourth-order valence-corrected chi connectivity index (χ4v) is 4.74. The standard InChI is InChI=1S/C28H29NO3.ClH/c1-27(2)16-19-15-23(30-5)26-22(17-28(3,4)32-26)24(19)25(29-27)18-11-13-21(14-12-18)31-20-9-7-6-8-10-20;/h6-15H,16-17H2,1-5H3;1H. The van der Waals surface area contributed by atoms with E-state index in [0.717, 1.165) is 47.1 Å². The van der Waals surface area contributed by atoms with E-state index >= 15 is 0 Å². The molecular formula is C28H30ClNO3. The van der Waals surface area contributed by atoms with Crippen molar-refractivity contribution in [1.82, 2.24) is 0 Å². The van der Waals surface area contributed by atoms with Gasteiger partial charge in [-0.2, -0.15) is 0 Å². The quantitative estimate of drug-likeness (QED) is 0.427. The Morgan fingerprint density at radius 1 is 0.879 bits per heavy atom. The maximum absolute atomic E-state index is 6.30. The summed E-state index contributed by atoms with van der Waals surface area (Å²) in [4.78, 5) is 5.20. The molecule has 2 heterocycles. The molecule has 0 saturated carbocycles. The molecule has 0 amide bonds. The number of methoxy groups -OCH3 is 1. The van der Waals surface area contributed by atoms with Crippen LogP contribution in [0.1, 0.15) is 49.9 Å². The van der Waals surface area contributed by atoms with Crippen molar-refractivity contribution in [3.05, 3.63) is 82.9 Å². The molecule has 33 heavy (non-hydrogen) atoms. The molecule has 0 aromatic heterocycles. The lowest BCUT2D eigenvalue weighted by Gasteiger charge is -2.31. The monoisotopic (exact) mass is 463 g/mol. The summed E-state index contributed by atoms with van der Waals surface area (Å²) in [6.45, 7) is 8.61. The first-order chi connectivity index (χ1) is 15.2. The van der Waals surface area contributed by atoms with Gasteiger partial charge >= 0.3 is 0 Å². The number of rotatable bonds is 4. The zero-order chi connectivity index (χ0) is 22.5. The lowest BCUT2D eigenvalue weighted by atomic mass is 9.81. The Labute approximate surface area is 202 Å². The summed E-state index contributed by atoms with van der Waals surface area (Å²) in [5.41, 5.74) is 5.29. The Morgan fingerprint density at radius 3 is 2.21 bits per heavy atom. The van der Waals surface area contributed by atoms with Gasteiger partial charge in [-0.3, -0.25) is 4.99 Å². The minimum Gasteiger partial charge on any atom is -0.493 e. The minimum absolute atomic E-state index is 0. The number of para-hydroxylation sites is 1. The van der Waals surface area contributed by atoms with Crippen molar-refractivity contribution >= 4 is 18.1 Å². The van der Waals surface area contributed by atoms with E-state index in [9.17, 15) is 0 Å². The van der Waals surface area contributed by atoms with Crippen molar-refractivity contribution in [3.8, 4) is 23.0 Å². The third-order valence-corrected chi connectivity index (χ3v) is 6.01. The molecule has 3 aromatic rings. The van der Waals surface area contributed by atoms with Gasteiger partial charge in [0, 0.05) is 23.1 Å². The zero-order valence-corrected chi connectivity index (χ0v) is 20.6. The van der Waals surface area contributed by atoms with Crippen molar-refractivity contribution in [2.45, 2.75) is 51.7 Å². The molecule has 3 aromatic carbocycles. The van der Waals surface area contributed by atoms with E-state index < -0.39 is 0 Å². The summed E-state index contributed by atoms with van der Waals surface area (Å²) < 4.78 is 18.0. The van der Waals surface area contributed by atoms with Gasteiger partial charge in [0.15, 0.2) is 11.5 Å². The Hall–Kier alpha value is -2.98. The topological polar surface area (TPSA) is 40.0 Å². The molecule has 0 saturated heterocycles. The number of fused-ring (bicyclic) bond motifs is 3. The molecule has 0 unspecified atom stereocenters. The van der Waals surface area contributed by atoms with E-state index in [1.165, 1.54) is 16.7 Å². The lowest BCUT2D eigenvalue weighted by Crippen LogP contribution is -2.30. The van der Waals surface area contributed by atoms with Gasteiger partial charge in [-0.05, 0) is 82.1 Å². The van der Waals surface area contributed by atoms with Crippen molar-refractivity contribution in [2.24, 2.45) is 4.99 Å². The molecule has 0 bridgehead atoms. The van der Waals surface area contributed by atoms with Crippen molar-refractivity contribution in [1.29, 1.82) is 0 Å². The molecule has 2 aliphatic rings. The third kappa shape index (κ3) is 4.45. The van der Waals surface area contributed by atoms with Crippen LogP contribution < -0.4 is 14.2 Å². The minimum atomic E-state index is -0.268. The number of aliphatic imine (C=N–C) groups is 1. The van der Waals surface area contributed by atoms with Crippen LogP contribution in [0.25, 0.3) is 0 Å². The van der Waals surface area contributed by atoms with Gasteiger partial charge in [-0.1, -0.05) is 18.2 Å². The molecule has 172 valence electrons. The highest BCUT2D eigenvalue weighted by atomic mass is 35.5. The summed E-state index contributed by atoms with van der Waals surface area (Å²) in [5.74, 6) is 3.30. The SMILES string of the molecule is COc1cc2c(c3c1OC(C)(C)C3)C(c1ccc(Oc3ccccc3)cc1)=NC(C)(C)C2.Cl. The second-order valence-electron chi connectivity index (χ2n) is 9.85. The average molecular weight is 464 g/mol. The number of halogens is 1. The van der Waals surface area contributed by atoms with Crippen LogP contribution >= 0.6 is 12.4 Å². The van der Waals surface area contributed by atoms with Crippen LogP contribution in [-0.4, -0.2) is 24.0 Å². The smallest absolute Gasteiger partial charge is 0.166 e. The second kappa shape index (κ2) is 8.42. The second-order valence-corrected chi connectivity index (χ2v) is 9.85. The van der Waals surface area contributed by atoms with Crippen molar-refractivity contribution in [2.75, 3.05) is 7.11 Å². The predicted octanol–water partition coefficient (Wildman–Crippen LogP) is 6.79. The van der Waals surface area contributed by atoms with Crippen LogP contribution in [0.2, 0.25) is 0 Å². The van der Waals surface area contributed by atoms with Crippen molar-refractivity contribution < 1.29 is 14.2 Å². The molecule has 2 aliphatic heterocycles. The fraction of sp³-hybridized carbons (Fsp3) is 0.321. The highest BCUT2D eigenvalue weighted by Gasteiger charge is 2.39. The Morgan fingerprint density at radius 2 is 1.55 bits per heavy atom. The molecule has 0 fully saturated rings. The highest BCUT2D eigenvalue weighted by Crippen LogP contribution is 2.47. The Kier molecular flexibility index (Phi) is 5.92. The van der Waals surface area contributed by atoms with E-state index in [1.54, 1.807) is 7.11 Å². The molecule has 0 radical (unpaired) electrons. The fourth-order valence-electron chi connectivity index (χ4n) is 4.74. The molecule has 0 N–H and O–H groups in total. The Bertz CT molecular complexity index is 1200. The summed E-state index contributed by atoms with van der Waals surface area (Å²) in [6.07, 6.45) is 1.70. The molecule has 5 rings (SSSR count). The van der Waals surface area contributed by atoms with E-state index in [2.05, 4.69) is 45.9 Å². The van der Waals surface area contributed by atoms with Crippen LogP contribution in [0.5, 0.6) is 23.0 Å². The lowest BCUT2D eigenvalue weighted by molar-refractivity contribution is 0.134. The number of nitrogens with zero attached hydrogens (tertiary/aromatic N) is 1. The molecule has 4 nitrogen and oxygen atoms in total. The van der Waals surface area contributed by atoms with Gasteiger partial charge in [0.05, 0.1) is 18.4 Å². The van der Waals surface area contributed by atoms with E-state index in [4.69, 9.17) is 19.2 Å². The van der Waals surface area contributed by atoms with Gasteiger partial charge in [0.25, 0.3) is 0 Å². The van der Waals surface area contributed by atoms with Crippen LogP contribution in [0.3, 0.4) is 0 Å². The van der Waals surface area contributed by atoms with Gasteiger partial charge in [0.1, 0.15) is 17.1 Å². The third-order valence-electron chi connectivity index (χ3n) is 6.01. The number of ether oxygens (including phenoxy) is 3. The van der Waals surface area contributed by atoms with Gasteiger partial charge < -0.3 is 14.2 Å². The van der Waals surface area contributed by atoms with E-state index in [1.807, 2.05) is 42.5 Å². The number of hydrogen-bond donors (Lipinski definition) is 0. The number of hydrogen-bond acceptors (Lipinski definition) is 4. The van der Waals surface area contributed by atoms with Crippen LogP contribution in [-0.2, 0) is 12.8 Å². The van der Waals surface area contributed by atoms with Crippen molar-refractivity contribution in [3.63, 3.8) is 0 Å². The molecule has 0 aliphatic carbocycles. The Balaban J connectivity index is 0.00000259. The summed E-state index contributed by atoms with van der Waals surface area (Å²) >= 11 is 0. The van der Waals surface area contributed by atoms with E-state index in [-0.39, 0.29) is 23.5 Å². The first-order valence-corrected chi connectivity index (χ1v) is 11.1. The van der Waals surface area contributed by atoms with Crippen LogP contribution in [0.15, 0.2) is 65.7 Å². The maximum Gasteiger partial charge on any atom is 0.166 e. The summed E-state index contributed by atoms with van der Waals surface area (Å²) in [7, 11) is 1.71. The normalized spacial score (nSPS) is 17.1. The average Bonchev–Trinajstić information content (AvgIpc) is 3.08. The zero-order valence-electron chi connectivity index (χ0n) is 19.8. The van der Waals surface area contributed by atoms with Gasteiger partial charge in [-0.25, -0.2) is 0 Å². The van der Waals surface area contributed by atoms with Crippen LogP contribution in [0, 0.1) is 0 Å². The first-order valence-electron chi connectivity index (χ1n) is 11.1. The largest absolute Gasteiger partial charge is 0.493 e. The first kappa shape index (κ1) is 23.2. The van der Waals surface area contributed by atoms with Crippen LogP contribution in [0.4, 0.5) is 0 Å². The van der Waals surface area contributed by atoms with Gasteiger partial charge in [-0.15, -0.1) is 12.4 Å². The number of benzene rings is 3. The van der Waals surface area contributed by atoms with E-state index in [0.29, 0.717) is 0 Å².